The molecule has 0 spiro atoms. The average Bonchev–Trinajstić information content (AvgIpc) is 2.43. The minimum Gasteiger partial charge on any atom is -0.497 e. The largest absolute Gasteiger partial charge is 0.497 e. The number of aliphatic hydroxyl groups excluding tert-OH is 1. The first kappa shape index (κ1) is 14.7. The molecule has 1 aromatic rings. The van der Waals surface area contributed by atoms with E-state index < -0.39 is 0 Å². The molecule has 18 heavy (non-hydrogen) atoms. The molecule has 0 aromatic heterocycles. The molecule has 5 heteroatoms. The van der Waals surface area contributed by atoms with Crippen molar-refractivity contribution in [1.29, 1.82) is 0 Å². The van der Waals surface area contributed by atoms with Crippen molar-refractivity contribution in [1.82, 2.24) is 10.6 Å². The summed E-state index contributed by atoms with van der Waals surface area (Å²) in [6.45, 7) is 2.73. The molecule has 0 aliphatic rings. The highest BCUT2D eigenvalue weighted by Gasteiger charge is 2.05. The molecular weight excluding hydrogens is 248 g/mol. The van der Waals surface area contributed by atoms with Crippen molar-refractivity contribution in [2.45, 2.75) is 25.9 Å². The van der Waals surface area contributed by atoms with E-state index in [-0.39, 0.29) is 12.6 Å². The van der Waals surface area contributed by atoms with Crippen molar-refractivity contribution < 1.29 is 9.84 Å². The van der Waals surface area contributed by atoms with E-state index in [1.165, 1.54) is 0 Å². The van der Waals surface area contributed by atoms with Crippen LogP contribution in [0.25, 0.3) is 0 Å². The topological polar surface area (TPSA) is 53.5 Å². The van der Waals surface area contributed by atoms with Gasteiger partial charge >= 0.3 is 0 Å². The molecule has 0 heterocycles. The van der Waals surface area contributed by atoms with E-state index in [2.05, 4.69) is 10.6 Å². The summed E-state index contributed by atoms with van der Waals surface area (Å²) < 4.78 is 5.09. The van der Waals surface area contributed by atoms with Crippen LogP contribution in [0, 0.1) is 0 Å². The number of thiocarbonyl (C=S) groups is 1. The first-order valence-corrected chi connectivity index (χ1v) is 6.38. The molecule has 100 valence electrons. The molecular formula is C13H20N2O2S. The third kappa shape index (κ3) is 4.89. The van der Waals surface area contributed by atoms with Crippen LogP contribution in [0.2, 0.25) is 0 Å². The minimum atomic E-state index is 0.0147. The maximum Gasteiger partial charge on any atom is 0.166 e. The lowest BCUT2D eigenvalue weighted by molar-refractivity contribution is 0.252. The fourth-order valence-corrected chi connectivity index (χ4v) is 1.68. The van der Waals surface area contributed by atoms with Gasteiger partial charge in [-0.3, -0.25) is 0 Å². The molecule has 0 amide bonds. The molecule has 1 atom stereocenters. The number of ether oxygens (including phenoxy) is 1. The van der Waals surface area contributed by atoms with Crippen LogP contribution in [0.5, 0.6) is 5.75 Å². The summed E-state index contributed by atoms with van der Waals surface area (Å²) >= 11 is 5.15. The van der Waals surface area contributed by atoms with Crippen LogP contribution >= 0.6 is 12.2 Å². The van der Waals surface area contributed by atoms with Gasteiger partial charge in [-0.2, -0.15) is 0 Å². The van der Waals surface area contributed by atoms with E-state index in [1.54, 1.807) is 7.11 Å². The Kier molecular flexibility index (Phi) is 6.46. The van der Waals surface area contributed by atoms with E-state index in [0.717, 1.165) is 17.7 Å². The van der Waals surface area contributed by atoms with Gasteiger partial charge in [0.2, 0.25) is 0 Å². The lowest BCUT2D eigenvalue weighted by Crippen LogP contribution is -2.43. The van der Waals surface area contributed by atoms with Gasteiger partial charge in [-0.15, -0.1) is 0 Å². The predicted octanol–water partition coefficient (Wildman–Crippen LogP) is 1.43. The molecule has 0 radical (unpaired) electrons. The maximum atomic E-state index is 9.05. The van der Waals surface area contributed by atoms with Crippen molar-refractivity contribution >= 4 is 17.3 Å². The molecule has 0 aliphatic heterocycles. The number of rotatable bonds is 6. The first-order chi connectivity index (χ1) is 8.69. The van der Waals surface area contributed by atoms with Gasteiger partial charge in [0.15, 0.2) is 5.11 Å². The number of hydrogen-bond acceptors (Lipinski definition) is 3. The van der Waals surface area contributed by atoms with E-state index in [4.69, 9.17) is 22.1 Å². The highest BCUT2D eigenvalue weighted by atomic mass is 32.1. The molecule has 3 N–H and O–H groups in total. The van der Waals surface area contributed by atoms with Gasteiger partial charge in [0.1, 0.15) is 5.75 Å². The Morgan fingerprint density at radius 1 is 1.39 bits per heavy atom. The molecule has 4 nitrogen and oxygen atoms in total. The Morgan fingerprint density at radius 3 is 2.56 bits per heavy atom. The summed E-state index contributed by atoms with van der Waals surface area (Å²) in [7, 11) is 1.64. The number of hydrogen-bond donors (Lipinski definition) is 3. The standard InChI is InChI=1S/C13H20N2O2S/c1-3-11(9-16)15-13(18)14-8-10-4-6-12(17-2)7-5-10/h4-7,11,16H,3,8-9H2,1-2H3,(H2,14,15,18)/t11-/m0/s1. The smallest absolute Gasteiger partial charge is 0.166 e. The number of nitrogens with one attached hydrogen (secondary N) is 2. The Balaban J connectivity index is 2.37. The normalized spacial score (nSPS) is 11.7. The summed E-state index contributed by atoms with van der Waals surface area (Å²) in [5.74, 6) is 0.839. The zero-order chi connectivity index (χ0) is 13.4. The molecule has 0 bridgehead atoms. The lowest BCUT2D eigenvalue weighted by atomic mass is 10.2. The van der Waals surface area contributed by atoms with Crippen molar-refractivity contribution in [3.63, 3.8) is 0 Å². The number of benzene rings is 1. The van der Waals surface area contributed by atoms with Gasteiger partial charge in [0.25, 0.3) is 0 Å². The van der Waals surface area contributed by atoms with Gasteiger partial charge in [-0.05, 0) is 36.3 Å². The van der Waals surface area contributed by atoms with Crippen LogP contribution in [-0.4, -0.2) is 30.0 Å². The molecule has 0 aliphatic carbocycles. The van der Waals surface area contributed by atoms with E-state index >= 15 is 0 Å². The predicted molar refractivity (Wildman–Crippen MR) is 76.7 cm³/mol. The summed E-state index contributed by atoms with van der Waals surface area (Å²) in [4.78, 5) is 0. The molecule has 1 aromatic carbocycles. The second-order valence-corrected chi connectivity index (χ2v) is 4.37. The zero-order valence-corrected chi connectivity index (χ0v) is 11.6. The summed E-state index contributed by atoms with van der Waals surface area (Å²) in [6, 6.07) is 7.81. The maximum absolute atomic E-state index is 9.05. The SMILES string of the molecule is CC[C@@H](CO)NC(=S)NCc1ccc(OC)cc1. The minimum absolute atomic E-state index is 0.0147. The van der Waals surface area contributed by atoms with E-state index in [0.29, 0.717) is 11.7 Å². The van der Waals surface area contributed by atoms with Crippen molar-refractivity contribution in [2.24, 2.45) is 0 Å². The lowest BCUT2D eigenvalue weighted by Gasteiger charge is -2.17. The van der Waals surface area contributed by atoms with Crippen LogP contribution in [-0.2, 0) is 6.54 Å². The van der Waals surface area contributed by atoms with Crippen molar-refractivity contribution in [3.05, 3.63) is 29.8 Å². The van der Waals surface area contributed by atoms with Gasteiger partial charge in [-0.25, -0.2) is 0 Å². The fourth-order valence-electron chi connectivity index (χ4n) is 1.44. The van der Waals surface area contributed by atoms with Crippen molar-refractivity contribution in [2.75, 3.05) is 13.7 Å². The fraction of sp³-hybridized carbons (Fsp3) is 0.462. The highest BCUT2D eigenvalue weighted by Crippen LogP contribution is 2.10. The average molecular weight is 268 g/mol. The summed E-state index contributed by atoms with van der Waals surface area (Å²) in [5, 5.41) is 15.8. The van der Waals surface area contributed by atoms with Crippen LogP contribution in [0.1, 0.15) is 18.9 Å². The van der Waals surface area contributed by atoms with E-state index in [9.17, 15) is 0 Å². The quantitative estimate of drug-likeness (QED) is 0.682. The molecule has 0 fully saturated rings. The Labute approximate surface area is 113 Å². The van der Waals surface area contributed by atoms with Gasteiger partial charge in [0.05, 0.1) is 19.8 Å². The Bertz CT molecular complexity index is 364. The zero-order valence-electron chi connectivity index (χ0n) is 10.8. The Morgan fingerprint density at radius 2 is 2.06 bits per heavy atom. The van der Waals surface area contributed by atoms with Gasteiger partial charge < -0.3 is 20.5 Å². The number of methoxy groups -OCH3 is 1. The highest BCUT2D eigenvalue weighted by molar-refractivity contribution is 7.80. The second-order valence-electron chi connectivity index (χ2n) is 3.96. The van der Waals surface area contributed by atoms with Gasteiger partial charge in [0, 0.05) is 6.54 Å². The van der Waals surface area contributed by atoms with E-state index in [1.807, 2.05) is 31.2 Å². The molecule has 0 saturated heterocycles. The van der Waals surface area contributed by atoms with Crippen LogP contribution in [0.15, 0.2) is 24.3 Å². The second kappa shape index (κ2) is 7.89. The third-order valence-electron chi connectivity index (χ3n) is 2.66. The summed E-state index contributed by atoms with van der Waals surface area (Å²) in [6.07, 6.45) is 0.834. The molecule has 0 unspecified atom stereocenters. The van der Waals surface area contributed by atoms with Crippen LogP contribution < -0.4 is 15.4 Å². The van der Waals surface area contributed by atoms with Crippen LogP contribution in [0.3, 0.4) is 0 Å². The molecule has 1 rings (SSSR count). The molecule has 0 saturated carbocycles. The third-order valence-corrected chi connectivity index (χ3v) is 2.92. The Hall–Kier alpha value is -1.33. The van der Waals surface area contributed by atoms with Crippen LogP contribution in [0.4, 0.5) is 0 Å². The van der Waals surface area contributed by atoms with Crippen molar-refractivity contribution in [3.8, 4) is 5.75 Å². The first-order valence-electron chi connectivity index (χ1n) is 5.97. The monoisotopic (exact) mass is 268 g/mol. The summed E-state index contributed by atoms with van der Waals surface area (Å²) in [5.41, 5.74) is 1.12. The number of aliphatic hydroxyl groups is 1. The van der Waals surface area contributed by atoms with Gasteiger partial charge in [-0.1, -0.05) is 19.1 Å².